The van der Waals surface area contributed by atoms with Crippen LogP contribution in [0.4, 0.5) is 0 Å². The molecule has 0 radical (unpaired) electrons. The number of rotatable bonds is 5. The van der Waals surface area contributed by atoms with Crippen molar-refractivity contribution in [2.45, 2.75) is 37.3 Å². The predicted octanol–water partition coefficient (Wildman–Crippen LogP) is 1.30. The van der Waals surface area contributed by atoms with Crippen LogP contribution in [-0.4, -0.2) is 45.9 Å². The molecule has 2 aliphatic rings. The zero-order valence-electron chi connectivity index (χ0n) is 13.5. The maximum absolute atomic E-state index is 12.3. The number of nitrogens with zero attached hydrogens (tertiary/aromatic N) is 1. The highest BCUT2D eigenvalue weighted by Gasteiger charge is 2.52. The van der Waals surface area contributed by atoms with Crippen LogP contribution in [0.3, 0.4) is 0 Å². The lowest BCUT2D eigenvalue weighted by Crippen LogP contribution is -2.50. The van der Waals surface area contributed by atoms with Gasteiger partial charge in [0.2, 0.25) is 11.8 Å². The Labute approximate surface area is 144 Å². The van der Waals surface area contributed by atoms with Gasteiger partial charge < -0.3 is 15.0 Å². The van der Waals surface area contributed by atoms with E-state index in [1.807, 2.05) is 37.3 Å². The van der Waals surface area contributed by atoms with Crippen LogP contribution in [-0.2, 0) is 25.7 Å². The molecule has 2 heterocycles. The van der Waals surface area contributed by atoms with E-state index in [0.717, 1.165) is 12.0 Å². The molecule has 1 aromatic rings. The molecule has 128 valence electrons. The third-order valence-electron chi connectivity index (χ3n) is 4.40. The van der Waals surface area contributed by atoms with Gasteiger partial charge >= 0.3 is 5.97 Å². The van der Waals surface area contributed by atoms with Gasteiger partial charge in [-0.3, -0.25) is 14.4 Å². The minimum absolute atomic E-state index is 0.00861. The summed E-state index contributed by atoms with van der Waals surface area (Å²) >= 11 is 1.63. The number of esters is 1. The maximum atomic E-state index is 12.3. The summed E-state index contributed by atoms with van der Waals surface area (Å²) in [4.78, 5) is 37.5. The van der Waals surface area contributed by atoms with E-state index >= 15 is 0 Å². The summed E-state index contributed by atoms with van der Waals surface area (Å²) < 4.78 is 5.13. The zero-order chi connectivity index (χ0) is 17.2. The Kier molecular flexibility index (Phi) is 4.80. The van der Waals surface area contributed by atoms with Gasteiger partial charge in [0.25, 0.3) is 0 Å². The second-order valence-electron chi connectivity index (χ2n) is 6.13. The van der Waals surface area contributed by atoms with E-state index in [0.29, 0.717) is 12.2 Å². The minimum Gasteiger partial charge on any atom is -0.460 e. The van der Waals surface area contributed by atoms with Gasteiger partial charge in [-0.25, -0.2) is 0 Å². The molecular formula is C17H20N2O4S. The first-order chi connectivity index (χ1) is 11.5. The van der Waals surface area contributed by atoms with Crippen LogP contribution in [0.1, 0.15) is 25.3 Å². The van der Waals surface area contributed by atoms with E-state index in [2.05, 4.69) is 5.32 Å². The van der Waals surface area contributed by atoms with Gasteiger partial charge in [-0.2, -0.15) is 0 Å². The Morgan fingerprint density at radius 1 is 1.38 bits per heavy atom. The SMILES string of the molecule is C[C@@]12CCC(=O)N1[C@@H](C(=O)NCC(=O)OCc1ccccc1)CS2. The van der Waals surface area contributed by atoms with Crippen molar-refractivity contribution in [1.29, 1.82) is 0 Å². The maximum Gasteiger partial charge on any atom is 0.325 e. The summed E-state index contributed by atoms with van der Waals surface area (Å²) in [6.45, 7) is 1.98. The van der Waals surface area contributed by atoms with Crippen LogP contribution in [0.25, 0.3) is 0 Å². The summed E-state index contributed by atoms with van der Waals surface area (Å²) in [6.07, 6.45) is 1.24. The quantitative estimate of drug-likeness (QED) is 0.812. The molecular weight excluding hydrogens is 328 g/mol. The number of amides is 2. The Morgan fingerprint density at radius 3 is 2.88 bits per heavy atom. The van der Waals surface area contributed by atoms with Crippen molar-refractivity contribution in [3.8, 4) is 0 Å². The van der Waals surface area contributed by atoms with Crippen molar-refractivity contribution in [2.24, 2.45) is 0 Å². The number of hydrogen-bond acceptors (Lipinski definition) is 5. The molecule has 2 atom stereocenters. The highest BCUT2D eigenvalue weighted by Crippen LogP contribution is 2.47. The number of carbonyl (C=O) groups is 3. The second-order valence-corrected chi connectivity index (χ2v) is 7.63. The Balaban J connectivity index is 1.47. The first-order valence-corrected chi connectivity index (χ1v) is 8.91. The highest BCUT2D eigenvalue weighted by atomic mass is 32.2. The Morgan fingerprint density at radius 2 is 2.12 bits per heavy atom. The zero-order valence-corrected chi connectivity index (χ0v) is 14.3. The van der Waals surface area contributed by atoms with Crippen LogP contribution in [0, 0.1) is 0 Å². The van der Waals surface area contributed by atoms with Crippen molar-refractivity contribution in [2.75, 3.05) is 12.3 Å². The molecule has 0 aromatic heterocycles. The topological polar surface area (TPSA) is 75.7 Å². The molecule has 2 saturated heterocycles. The minimum atomic E-state index is -0.503. The molecule has 3 rings (SSSR count). The Hall–Kier alpha value is -2.02. The monoisotopic (exact) mass is 348 g/mol. The van der Waals surface area contributed by atoms with Gasteiger partial charge in [0.1, 0.15) is 19.2 Å². The smallest absolute Gasteiger partial charge is 0.325 e. The van der Waals surface area contributed by atoms with Crippen LogP contribution in [0.15, 0.2) is 30.3 Å². The van der Waals surface area contributed by atoms with Crippen LogP contribution < -0.4 is 5.32 Å². The van der Waals surface area contributed by atoms with Crippen LogP contribution in [0.5, 0.6) is 0 Å². The Bertz CT molecular complexity index is 651. The van der Waals surface area contributed by atoms with Gasteiger partial charge in [-0.1, -0.05) is 30.3 Å². The van der Waals surface area contributed by atoms with Gasteiger partial charge in [-0.05, 0) is 18.9 Å². The van der Waals surface area contributed by atoms with Crippen molar-refractivity contribution < 1.29 is 19.1 Å². The molecule has 1 N–H and O–H groups in total. The molecule has 2 fully saturated rings. The van der Waals surface area contributed by atoms with Gasteiger partial charge in [0.15, 0.2) is 0 Å². The van der Waals surface area contributed by atoms with E-state index in [-0.39, 0.29) is 29.8 Å². The largest absolute Gasteiger partial charge is 0.460 e. The molecule has 0 spiro atoms. The number of ether oxygens (including phenoxy) is 1. The normalized spacial score (nSPS) is 25.5. The molecule has 1 aromatic carbocycles. The number of fused-ring (bicyclic) bond motifs is 1. The van der Waals surface area contributed by atoms with Gasteiger partial charge in [0, 0.05) is 12.2 Å². The van der Waals surface area contributed by atoms with E-state index in [1.54, 1.807) is 16.7 Å². The number of hydrogen-bond donors (Lipinski definition) is 1. The summed E-state index contributed by atoms with van der Waals surface area (Å²) in [5.74, 6) is -0.214. The third-order valence-corrected chi connectivity index (χ3v) is 5.90. The third kappa shape index (κ3) is 3.40. The van der Waals surface area contributed by atoms with E-state index < -0.39 is 12.0 Å². The predicted molar refractivity (Wildman–Crippen MR) is 90.0 cm³/mol. The fourth-order valence-corrected chi connectivity index (χ4v) is 4.51. The molecule has 24 heavy (non-hydrogen) atoms. The molecule has 2 aliphatic heterocycles. The molecule has 7 heteroatoms. The van der Waals surface area contributed by atoms with E-state index in [1.165, 1.54) is 0 Å². The fraction of sp³-hybridized carbons (Fsp3) is 0.471. The summed E-state index contributed by atoms with van der Waals surface area (Å²) in [5, 5.41) is 2.59. The second kappa shape index (κ2) is 6.84. The molecule has 2 amide bonds. The van der Waals surface area contributed by atoms with Crippen molar-refractivity contribution in [1.82, 2.24) is 10.2 Å². The molecule has 0 bridgehead atoms. The van der Waals surface area contributed by atoms with Crippen LogP contribution >= 0.6 is 11.8 Å². The highest BCUT2D eigenvalue weighted by molar-refractivity contribution is 8.01. The lowest BCUT2D eigenvalue weighted by molar-refractivity contribution is -0.146. The van der Waals surface area contributed by atoms with Crippen LogP contribution in [0.2, 0.25) is 0 Å². The average Bonchev–Trinajstić information content (AvgIpc) is 3.08. The van der Waals surface area contributed by atoms with Crippen molar-refractivity contribution in [3.05, 3.63) is 35.9 Å². The number of benzene rings is 1. The van der Waals surface area contributed by atoms with E-state index in [4.69, 9.17) is 4.74 Å². The fourth-order valence-electron chi connectivity index (χ4n) is 3.08. The average molecular weight is 348 g/mol. The summed E-state index contributed by atoms with van der Waals surface area (Å²) in [6, 6.07) is 8.85. The molecule has 6 nitrogen and oxygen atoms in total. The summed E-state index contributed by atoms with van der Waals surface area (Å²) in [7, 11) is 0. The first-order valence-electron chi connectivity index (χ1n) is 7.93. The van der Waals surface area contributed by atoms with E-state index in [9.17, 15) is 14.4 Å². The number of nitrogens with one attached hydrogen (secondary N) is 1. The first kappa shape index (κ1) is 16.8. The standard InChI is InChI=1S/C17H20N2O4S/c1-17-8-7-14(20)19(17)13(11-24-17)16(22)18-9-15(21)23-10-12-5-3-2-4-6-12/h2-6,13H,7-11H2,1H3,(H,18,22)/t13-,17-/m1/s1. The summed E-state index contributed by atoms with van der Waals surface area (Å²) in [5.41, 5.74) is 0.891. The lowest BCUT2D eigenvalue weighted by Gasteiger charge is -2.29. The molecule has 0 saturated carbocycles. The van der Waals surface area contributed by atoms with Gasteiger partial charge in [-0.15, -0.1) is 11.8 Å². The molecule has 0 unspecified atom stereocenters. The number of thioether (sulfide) groups is 1. The number of carbonyl (C=O) groups excluding carboxylic acids is 3. The van der Waals surface area contributed by atoms with Crippen molar-refractivity contribution >= 4 is 29.5 Å². The van der Waals surface area contributed by atoms with Crippen molar-refractivity contribution in [3.63, 3.8) is 0 Å². The molecule has 0 aliphatic carbocycles. The lowest BCUT2D eigenvalue weighted by atomic mass is 10.2. The van der Waals surface area contributed by atoms with Gasteiger partial charge in [0.05, 0.1) is 4.87 Å².